The number of ketones is 1. The highest BCUT2D eigenvalue weighted by Gasteiger charge is 2.20. The second-order valence-electron chi connectivity index (χ2n) is 3.88. The van der Waals surface area contributed by atoms with Crippen molar-refractivity contribution in [3.05, 3.63) is 63.1 Å². The smallest absolute Gasteiger partial charge is 0.188 e. The summed E-state index contributed by atoms with van der Waals surface area (Å²) in [6, 6.07) is 12.1. The minimum atomic E-state index is -0.428. The first-order chi connectivity index (χ1) is 9.47. The maximum Gasteiger partial charge on any atom is 0.188 e. The maximum absolute atomic E-state index is 12.3. The molecule has 0 aliphatic carbocycles. The molecular weight excluding hydrogens is 402 g/mol. The van der Waals surface area contributed by atoms with Gasteiger partial charge < -0.3 is 0 Å². The molecule has 0 amide bonds. The number of thioether (sulfide) groups is 1. The van der Waals surface area contributed by atoms with Crippen LogP contribution in [0.1, 0.15) is 10.4 Å². The Morgan fingerprint density at radius 3 is 2.20 bits per heavy atom. The molecule has 1 unspecified atom stereocenters. The van der Waals surface area contributed by atoms with E-state index in [2.05, 4.69) is 15.9 Å². The van der Waals surface area contributed by atoms with Crippen LogP contribution in [0.5, 0.6) is 0 Å². The van der Waals surface area contributed by atoms with E-state index in [0.717, 1.165) is 4.90 Å². The summed E-state index contributed by atoms with van der Waals surface area (Å²) in [4.78, 5) is 13.3. The SMILES string of the molecule is O=C(c1ccc(Cl)cc1Cl)C(Br)Sc1ccc(Cl)cc1. The standard InChI is InChI=1S/C14H8BrCl3OS/c15-14(20-10-4-1-8(16)2-5-10)13(19)11-6-3-9(17)7-12(11)18/h1-7,14H. The molecule has 0 saturated heterocycles. The van der Waals surface area contributed by atoms with Crippen molar-refractivity contribution in [1.29, 1.82) is 0 Å². The van der Waals surface area contributed by atoms with Crippen molar-refractivity contribution in [3.63, 3.8) is 0 Å². The van der Waals surface area contributed by atoms with Crippen LogP contribution < -0.4 is 0 Å². The third kappa shape index (κ3) is 4.15. The van der Waals surface area contributed by atoms with Gasteiger partial charge in [0.05, 0.1) is 5.02 Å². The zero-order valence-corrected chi connectivity index (χ0v) is 14.6. The number of benzene rings is 2. The average molecular weight is 411 g/mol. The highest BCUT2D eigenvalue weighted by atomic mass is 79.9. The van der Waals surface area contributed by atoms with Gasteiger partial charge in [-0.05, 0) is 42.5 Å². The summed E-state index contributed by atoms with van der Waals surface area (Å²) in [5.74, 6) is -0.105. The van der Waals surface area contributed by atoms with Crippen LogP contribution in [0.3, 0.4) is 0 Å². The summed E-state index contributed by atoms with van der Waals surface area (Å²) in [6.45, 7) is 0. The number of Topliss-reactive ketones (excluding diaryl/α,β-unsaturated/α-hetero) is 1. The molecule has 6 heteroatoms. The molecule has 0 bridgehead atoms. The van der Waals surface area contributed by atoms with Gasteiger partial charge in [-0.3, -0.25) is 4.79 Å². The second-order valence-corrected chi connectivity index (χ2v) is 7.86. The van der Waals surface area contributed by atoms with Crippen molar-refractivity contribution < 1.29 is 4.79 Å². The van der Waals surface area contributed by atoms with Crippen molar-refractivity contribution >= 4 is 68.3 Å². The van der Waals surface area contributed by atoms with Gasteiger partial charge in [-0.25, -0.2) is 0 Å². The van der Waals surface area contributed by atoms with Crippen molar-refractivity contribution in [1.82, 2.24) is 0 Å². The molecular formula is C14H8BrCl3OS. The fourth-order valence-corrected chi connectivity index (χ4v) is 3.79. The molecule has 0 aromatic heterocycles. The van der Waals surface area contributed by atoms with Gasteiger partial charge in [0, 0.05) is 20.5 Å². The highest BCUT2D eigenvalue weighted by molar-refractivity contribution is 9.11. The number of hydrogen-bond donors (Lipinski definition) is 0. The molecule has 2 aromatic carbocycles. The Hall–Kier alpha value is -0.190. The summed E-state index contributed by atoms with van der Waals surface area (Å²) in [6.07, 6.45) is 0. The molecule has 1 nitrogen and oxygen atoms in total. The van der Waals surface area contributed by atoms with E-state index in [4.69, 9.17) is 34.8 Å². The van der Waals surface area contributed by atoms with Crippen molar-refractivity contribution in [2.24, 2.45) is 0 Å². The number of alkyl halides is 1. The zero-order valence-electron chi connectivity index (χ0n) is 9.95. The fourth-order valence-electron chi connectivity index (χ4n) is 1.50. The Bertz CT molecular complexity index is 631. The van der Waals surface area contributed by atoms with Gasteiger partial charge in [0.2, 0.25) is 0 Å². The topological polar surface area (TPSA) is 17.1 Å². The van der Waals surface area contributed by atoms with E-state index in [-0.39, 0.29) is 5.78 Å². The van der Waals surface area contributed by atoms with E-state index in [1.54, 1.807) is 30.3 Å². The normalized spacial score (nSPS) is 12.2. The number of hydrogen-bond acceptors (Lipinski definition) is 2. The van der Waals surface area contributed by atoms with Crippen molar-refractivity contribution in [2.75, 3.05) is 0 Å². The van der Waals surface area contributed by atoms with Crippen molar-refractivity contribution in [2.45, 2.75) is 9.05 Å². The molecule has 0 N–H and O–H groups in total. The van der Waals surface area contributed by atoms with Gasteiger partial charge >= 0.3 is 0 Å². The van der Waals surface area contributed by atoms with Crippen LogP contribution in [0.25, 0.3) is 0 Å². The van der Waals surface area contributed by atoms with Crippen LogP contribution in [0, 0.1) is 0 Å². The Morgan fingerprint density at radius 1 is 1.00 bits per heavy atom. The molecule has 0 radical (unpaired) electrons. The quantitative estimate of drug-likeness (QED) is 0.332. The summed E-state index contributed by atoms with van der Waals surface area (Å²) in [5, 5.41) is 1.51. The van der Waals surface area contributed by atoms with E-state index < -0.39 is 4.16 Å². The molecule has 0 heterocycles. The van der Waals surface area contributed by atoms with Crippen LogP contribution >= 0.6 is 62.5 Å². The number of rotatable bonds is 4. The molecule has 20 heavy (non-hydrogen) atoms. The zero-order chi connectivity index (χ0) is 14.7. The lowest BCUT2D eigenvalue weighted by Gasteiger charge is -2.10. The number of carbonyl (C=O) groups excluding carboxylic acids is 1. The Labute approximate surface area is 144 Å². The highest BCUT2D eigenvalue weighted by Crippen LogP contribution is 2.32. The van der Waals surface area contributed by atoms with E-state index in [9.17, 15) is 4.79 Å². The molecule has 0 aliphatic rings. The lowest BCUT2D eigenvalue weighted by atomic mass is 10.1. The Kier molecular flexibility index (Phi) is 5.82. The number of halogens is 4. The predicted molar refractivity (Wildman–Crippen MR) is 90.8 cm³/mol. The van der Waals surface area contributed by atoms with Crippen LogP contribution in [0.4, 0.5) is 0 Å². The summed E-state index contributed by atoms with van der Waals surface area (Å²) < 4.78 is -0.428. The van der Waals surface area contributed by atoms with Crippen LogP contribution in [-0.2, 0) is 0 Å². The molecule has 2 aromatic rings. The minimum Gasteiger partial charge on any atom is -0.292 e. The molecule has 0 spiro atoms. The molecule has 1 atom stereocenters. The van der Waals surface area contributed by atoms with Crippen LogP contribution in [-0.4, -0.2) is 9.94 Å². The fraction of sp³-hybridized carbons (Fsp3) is 0.0714. The third-order valence-electron chi connectivity index (χ3n) is 2.46. The summed E-state index contributed by atoms with van der Waals surface area (Å²) >= 11 is 22.4. The first-order valence-corrected chi connectivity index (χ1v) is 8.46. The van der Waals surface area contributed by atoms with Gasteiger partial charge in [-0.15, -0.1) is 11.8 Å². The van der Waals surface area contributed by atoms with Gasteiger partial charge in [0.15, 0.2) is 5.78 Å². The van der Waals surface area contributed by atoms with E-state index in [0.29, 0.717) is 20.6 Å². The summed E-state index contributed by atoms with van der Waals surface area (Å²) in [7, 11) is 0. The van der Waals surface area contributed by atoms with Gasteiger partial charge in [-0.1, -0.05) is 50.7 Å². The van der Waals surface area contributed by atoms with Crippen molar-refractivity contribution in [3.8, 4) is 0 Å². The molecule has 0 fully saturated rings. The monoisotopic (exact) mass is 408 g/mol. The maximum atomic E-state index is 12.3. The Balaban J connectivity index is 2.14. The van der Waals surface area contributed by atoms with E-state index in [1.807, 2.05) is 12.1 Å². The van der Waals surface area contributed by atoms with Gasteiger partial charge in [0.25, 0.3) is 0 Å². The summed E-state index contributed by atoms with van der Waals surface area (Å²) in [5.41, 5.74) is 0.444. The number of carbonyl (C=O) groups is 1. The largest absolute Gasteiger partial charge is 0.292 e. The Morgan fingerprint density at radius 2 is 1.60 bits per heavy atom. The molecule has 2 rings (SSSR count). The molecule has 0 aliphatic heterocycles. The lowest BCUT2D eigenvalue weighted by molar-refractivity contribution is 0.101. The molecule has 104 valence electrons. The lowest BCUT2D eigenvalue weighted by Crippen LogP contribution is -2.11. The van der Waals surface area contributed by atoms with Crippen LogP contribution in [0.2, 0.25) is 15.1 Å². The van der Waals surface area contributed by atoms with E-state index in [1.165, 1.54) is 11.8 Å². The first-order valence-electron chi connectivity index (χ1n) is 5.53. The second kappa shape index (κ2) is 7.19. The minimum absolute atomic E-state index is 0.105. The predicted octanol–water partition coefficient (Wildman–Crippen LogP) is 6.34. The van der Waals surface area contributed by atoms with Gasteiger partial charge in [0.1, 0.15) is 4.16 Å². The van der Waals surface area contributed by atoms with Crippen LogP contribution in [0.15, 0.2) is 47.4 Å². The first kappa shape index (κ1) is 16.2. The van der Waals surface area contributed by atoms with E-state index >= 15 is 0 Å². The average Bonchev–Trinajstić information content (AvgIpc) is 2.40. The van der Waals surface area contributed by atoms with Gasteiger partial charge in [-0.2, -0.15) is 0 Å². The third-order valence-corrected chi connectivity index (χ3v) is 5.20. The molecule has 0 saturated carbocycles.